The number of rotatable bonds is 7. The normalized spacial score (nSPS) is 10.8. The fourth-order valence-electron chi connectivity index (χ4n) is 1.66. The minimum Gasteiger partial charge on any atom is -0.395 e. The van der Waals surface area contributed by atoms with Crippen molar-refractivity contribution in [3.63, 3.8) is 0 Å². The van der Waals surface area contributed by atoms with Gasteiger partial charge in [-0.05, 0) is 26.0 Å². The van der Waals surface area contributed by atoms with E-state index in [1.165, 1.54) is 4.88 Å². The highest BCUT2D eigenvalue weighted by atomic mass is 32.1. The van der Waals surface area contributed by atoms with Crippen LogP contribution in [0.5, 0.6) is 0 Å². The summed E-state index contributed by atoms with van der Waals surface area (Å²) in [5.41, 5.74) is 0. The van der Waals surface area contributed by atoms with Crippen molar-refractivity contribution in [2.75, 3.05) is 26.9 Å². The first kappa shape index (κ1) is 16.2. The van der Waals surface area contributed by atoms with Crippen LogP contribution in [0, 0.1) is 11.8 Å². The molecule has 1 heterocycles. The van der Waals surface area contributed by atoms with Crippen LogP contribution in [0.1, 0.15) is 30.0 Å². The number of nitrogens with zero attached hydrogens (tertiary/aromatic N) is 1. The summed E-state index contributed by atoms with van der Waals surface area (Å²) in [6, 6.07) is 4.69. The van der Waals surface area contributed by atoms with Crippen molar-refractivity contribution in [2.24, 2.45) is 0 Å². The molecule has 0 bridgehead atoms. The fourth-order valence-corrected chi connectivity index (χ4v) is 2.57. The molecular formula is C15H23NO2S. The van der Waals surface area contributed by atoms with Gasteiger partial charge in [-0.15, -0.1) is 11.3 Å². The highest BCUT2D eigenvalue weighted by Crippen LogP contribution is 2.18. The molecule has 0 saturated carbocycles. The van der Waals surface area contributed by atoms with E-state index < -0.39 is 0 Å². The Bertz CT molecular complexity index is 417. The van der Waals surface area contributed by atoms with E-state index in [1.807, 2.05) is 0 Å². The molecule has 0 radical (unpaired) electrons. The van der Waals surface area contributed by atoms with Crippen LogP contribution in [-0.4, -0.2) is 42.9 Å². The monoisotopic (exact) mass is 281 g/mol. The zero-order valence-electron chi connectivity index (χ0n) is 12.0. The summed E-state index contributed by atoms with van der Waals surface area (Å²) in [7, 11) is 1.73. The van der Waals surface area contributed by atoms with Gasteiger partial charge in [-0.25, -0.2) is 0 Å². The van der Waals surface area contributed by atoms with Gasteiger partial charge in [0.15, 0.2) is 0 Å². The molecular weight excluding hydrogens is 258 g/mol. The molecule has 106 valence electrons. The molecule has 0 unspecified atom stereocenters. The van der Waals surface area contributed by atoms with E-state index in [1.54, 1.807) is 18.4 Å². The van der Waals surface area contributed by atoms with E-state index in [-0.39, 0.29) is 6.61 Å². The van der Waals surface area contributed by atoms with Crippen molar-refractivity contribution in [3.05, 3.63) is 21.9 Å². The number of hydrogen-bond acceptors (Lipinski definition) is 4. The minimum atomic E-state index is 0.128. The Morgan fingerprint density at radius 1 is 1.42 bits per heavy atom. The number of hydrogen-bond donors (Lipinski definition) is 1. The highest BCUT2D eigenvalue weighted by molar-refractivity contribution is 7.12. The molecule has 0 atom stereocenters. The number of ether oxygens (including phenoxy) is 1. The Balaban J connectivity index is 2.58. The first-order valence-electron chi connectivity index (χ1n) is 6.58. The molecule has 1 aromatic heterocycles. The Morgan fingerprint density at radius 3 is 2.84 bits per heavy atom. The molecule has 3 nitrogen and oxygen atoms in total. The maximum atomic E-state index is 8.69. The predicted molar refractivity (Wildman–Crippen MR) is 80.3 cm³/mol. The highest BCUT2D eigenvalue weighted by Gasteiger charge is 2.10. The van der Waals surface area contributed by atoms with Gasteiger partial charge in [0.1, 0.15) is 0 Å². The number of methoxy groups -OCH3 is 1. The lowest BCUT2D eigenvalue weighted by Crippen LogP contribution is -2.32. The molecule has 1 rings (SSSR count). The van der Waals surface area contributed by atoms with Crippen LogP contribution in [-0.2, 0) is 11.3 Å². The zero-order chi connectivity index (χ0) is 14.1. The maximum Gasteiger partial charge on any atom is 0.0771 e. The summed E-state index contributed by atoms with van der Waals surface area (Å²) in [6.07, 6.45) is 0.541. The Morgan fingerprint density at radius 2 is 2.21 bits per heavy atom. The smallest absolute Gasteiger partial charge is 0.0771 e. The Hall–Kier alpha value is -0.860. The van der Waals surface area contributed by atoms with Crippen LogP contribution >= 0.6 is 11.3 Å². The lowest BCUT2D eigenvalue weighted by atomic mass is 10.3. The number of thiophene rings is 1. The van der Waals surface area contributed by atoms with Gasteiger partial charge in [0.05, 0.1) is 18.1 Å². The average molecular weight is 281 g/mol. The van der Waals surface area contributed by atoms with Gasteiger partial charge in [0, 0.05) is 37.5 Å². The minimum absolute atomic E-state index is 0.128. The van der Waals surface area contributed by atoms with Gasteiger partial charge >= 0.3 is 0 Å². The quantitative estimate of drug-likeness (QED) is 0.779. The molecule has 0 spiro atoms. The summed E-state index contributed by atoms with van der Waals surface area (Å²) < 4.78 is 5.15. The molecule has 1 N–H and O–H groups in total. The van der Waals surface area contributed by atoms with Crippen molar-refractivity contribution >= 4 is 11.3 Å². The van der Waals surface area contributed by atoms with Crippen LogP contribution in [0.25, 0.3) is 0 Å². The average Bonchev–Trinajstić information content (AvgIpc) is 2.82. The third-order valence-corrected chi connectivity index (χ3v) is 3.77. The van der Waals surface area contributed by atoms with Crippen molar-refractivity contribution in [1.82, 2.24) is 4.90 Å². The molecule has 0 aliphatic rings. The Labute approximate surface area is 120 Å². The van der Waals surface area contributed by atoms with Crippen LogP contribution in [0.2, 0.25) is 0 Å². The van der Waals surface area contributed by atoms with Crippen LogP contribution in [0.4, 0.5) is 0 Å². The standard InChI is InChI=1S/C15H23NO2S/c1-13(2)16(9-11-18-3)12-15-8-7-14(19-15)6-4-5-10-17/h7-8,13,17H,5,9-12H2,1-3H3. The number of aliphatic hydroxyl groups excluding tert-OH is 1. The molecule has 4 heteroatoms. The van der Waals surface area contributed by atoms with Crippen LogP contribution < -0.4 is 0 Å². The zero-order valence-corrected chi connectivity index (χ0v) is 12.8. The van der Waals surface area contributed by atoms with E-state index in [9.17, 15) is 0 Å². The fraction of sp³-hybridized carbons (Fsp3) is 0.600. The van der Waals surface area contributed by atoms with Crippen molar-refractivity contribution in [2.45, 2.75) is 32.9 Å². The van der Waals surface area contributed by atoms with E-state index in [0.717, 1.165) is 24.6 Å². The molecule has 1 aromatic rings. The third-order valence-electron chi connectivity index (χ3n) is 2.78. The summed E-state index contributed by atoms with van der Waals surface area (Å²) in [6.45, 7) is 7.16. The van der Waals surface area contributed by atoms with Crippen molar-refractivity contribution in [1.29, 1.82) is 0 Å². The van der Waals surface area contributed by atoms with Crippen LogP contribution in [0.15, 0.2) is 12.1 Å². The molecule has 0 aliphatic heterocycles. The predicted octanol–water partition coefficient (Wildman–Crippen LogP) is 2.34. The summed E-state index contributed by atoms with van der Waals surface area (Å²) in [5, 5.41) is 8.69. The van der Waals surface area contributed by atoms with Gasteiger partial charge in [-0.3, -0.25) is 4.90 Å². The first-order valence-corrected chi connectivity index (χ1v) is 7.40. The summed E-state index contributed by atoms with van der Waals surface area (Å²) in [5.74, 6) is 6.03. The SMILES string of the molecule is COCCN(Cc1ccc(C#CCCO)s1)C(C)C. The summed E-state index contributed by atoms with van der Waals surface area (Å²) >= 11 is 1.72. The number of aliphatic hydroxyl groups is 1. The lowest BCUT2D eigenvalue weighted by molar-refractivity contribution is 0.125. The second-order valence-electron chi connectivity index (χ2n) is 4.60. The molecule has 19 heavy (non-hydrogen) atoms. The molecule has 0 aromatic carbocycles. The molecule has 0 aliphatic carbocycles. The second-order valence-corrected chi connectivity index (χ2v) is 5.77. The lowest BCUT2D eigenvalue weighted by Gasteiger charge is -2.25. The van der Waals surface area contributed by atoms with Gasteiger partial charge in [-0.2, -0.15) is 0 Å². The third kappa shape index (κ3) is 6.22. The van der Waals surface area contributed by atoms with Crippen molar-refractivity contribution < 1.29 is 9.84 Å². The molecule has 0 saturated heterocycles. The maximum absolute atomic E-state index is 8.69. The van der Waals surface area contributed by atoms with Gasteiger partial charge in [0.25, 0.3) is 0 Å². The van der Waals surface area contributed by atoms with Gasteiger partial charge in [0.2, 0.25) is 0 Å². The largest absolute Gasteiger partial charge is 0.395 e. The topological polar surface area (TPSA) is 32.7 Å². The van der Waals surface area contributed by atoms with E-state index in [0.29, 0.717) is 12.5 Å². The van der Waals surface area contributed by atoms with E-state index >= 15 is 0 Å². The van der Waals surface area contributed by atoms with E-state index in [2.05, 4.69) is 42.7 Å². The van der Waals surface area contributed by atoms with Crippen molar-refractivity contribution in [3.8, 4) is 11.8 Å². The second kappa shape index (κ2) is 9.11. The van der Waals surface area contributed by atoms with Crippen LogP contribution in [0.3, 0.4) is 0 Å². The molecule has 0 amide bonds. The van der Waals surface area contributed by atoms with Gasteiger partial charge < -0.3 is 9.84 Å². The first-order chi connectivity index (χ1) is 9.17. The van der Waals surface area contributed by atoms with E-state index in [4.69, 9.17) is 9.84 Å². The Kier molecular flexibility index (Phi) is 7.76. The van der Waals surface area contributed by atoms with Gasteiger partial charge in [-0.1, -0.05) is 11.8 Å². The molecule has 0 fully saturated rings. The summed E-state index contributed by atoms with van der Waals surface area (Å²) in [4.78, 5) is 4.78.